The van der Waals surface area contributed by atoms with Gasteiger partial charge in [-0.3, -0.25) is 4.89 Å². The highest BCUT2D eigenvalue weighted by Gasteiger charge is 2.04. The van der Waals surface area contributed by atoms with Gasteiger partial charge in [0, 0.05) is 6.42 Å². The van der Waals surface area contributed by atoms with Crippen molar-refractivity contribution in [3.63, 3.8) is 0 Å². The molecular weight excluding hydrogens is 228 g/mol. The summed E-state index contributed by atoms with van der Waals surface area (Å²) >= 11 is 0. The van der Waals surface area contributed by atoms with E-state index >= 15 is 0 Å². The van der Waals surface area contributed by atoms with Crippen molar-refractivity contribution in [2.24, 2.45) is 0 Å². The molecular formula is C15H22O3. The molecule has 1 aromatic carbocycles. The van der Waals surface area contributed by atoms with E-state index < -0.39 is 0 Å². The molecule has 0 amide bonds. The summed E-state index contributed by atoms with van der Waals surface area (Å²) in [7, 11) is 0. The van der Waals surface area contributed by atoms with Gasteiger partial charge in [-0.1, -0.05) is 51.5 Å². The minimum atomic E-state index is -0.296. The van der Waals surface area contributed by atoms with Crippen LogP contribution in [0.15, 0.2) is 24.3 Å². The molecule has 0 N–H and O–H groups in total. The van der Waals surface area contributed by atoms with Crippen LogP contribution in [0.3, 0.4) is 0 Å². The molecule has 0 saturated carbocycles. The Labute approximate surface area is 109 Å². The van der Waals surface area contributed by atoms with E-state index in [0.717, 1.165) is 18.4 Å². The molecule has 0 saturated heterocycles. The number of carbonyl (C=O) groups excluding carboxylic acids is 1. The van der Waals surface area contributed by atoms with Crippen LogP contribution in [-0.4, -0.2) is 5.97 Å². The van der Waals surface area contributed by atoms with Crippen LogP contribution in [0.4, 0.5) is 0 Å². The van der Waals surface area contributed by atoms with Gasteiger partial charge in [0.1, 0.15) is 6.61 Å². The molecule has 0 bridgehead atoms. The molecule has 3 nitrogen and oxygen atoms in total. The molecule has 0 radical (unpaired) electrons. The Morgan fingerprint density at radius 2 is 1.89 bits per heavy atom. The molecule has 100 valence electrons. The van der Waals surface area contributed by atoms with Gasteiger partial charge < -0.3 is 0 Å². The Morgan fingerprint density at radius 3 is 2.44 bits per heavy atom. The lowest BCUT2D eigenvalue weighted by atomic mass is 10.0. The van der Waals surface area contributed by atoms with E-state index in [4.69, 9.17) is 4.89 Å². The average Bonchev–Trinajstić information content (AvgIpc) is 2.37. The molecule has 0 atom stereocenters. The number of hydrogen-bond donors (Lipinski definition) is 0. The highest BCUT2D eigenvalue weighted by atomic mass is 17.2. The molecule has 0 aliphatic heterocycles. The molecule has 0 aliphatic rings. The van der Waals surface area contributed by atoms with Crippen molar-refractivity contribution >= 4 is 5.97 Å². The first-order valence-electron chi connectivity index (χ1n) is 6.54. The Kier molecular flexibility index (Phi) is 6.44. The summed E-state index contributed by atoms with van der Waals surface area (Å²) in [4.78, 5) is 20.8. The minimum absolute atomic E-state index is 0.296. The maximum Gasteiger partial charge on any atom is 0.342 e. The highest BCUT2D eigenvalue weighted by molar-refractivity contribution is 5.68. The fourth-order valence-electron chi connectivity index (χ4n) is 1.52. The molecule has 0 fully saturated rings. The maximum atomic E-state index is 11.2. The van der Waals surface area contributed by atoms with Crippen LogP contribution in [-0.2, 0) is 21.2 Å². The highest BCUT2D eigenvalue weighted by Crippen LogP contribution is 2.15. The molecule has 18 heavy (non-hydrogen) atoms. The van der Waals surface area contributed by atoms with Gasteiger partial charge in [-0.05, 0) is 23.5 Å². The summed E-state index contributed by atoms with van der Waals surface area (Å²) < 4.78 is 0. The zero-order valence-corrected chi connectivity index (χ0v) is 11.4. The molecule has 1 aromatic rings. The Morgan fingerprint density at radius 1 is 1.22 bits per heavy atom. The molecule has 0 heterocycles. The van der Waals surface area contributed by atoms with Gasteiger partial charge >= 0.3 is 5.97 Å². The van der Waals surface area contributed by atoms with Gasteiger partial charge in [-0.25, -0.2) is 4.79 Å². The van der Waals surface area contributed by atoms with Gasteiger partial charge in [0.2, 0.25) is 0 Å². The first kappa shape index (κ1) is 14.7. The number of unbranched alkanes of at least 4 members (excludes halogenated alkanes) is 1. The van der Waals surface area contributed by atoms with Crippen molar-refractivity contribution in [3.8, 4) is 0 Å². The van der Waals surface area contributed by atoms with E-state index in [1.807, 2.05) is 19.1 Å². The lowest BCUT2D eigenvalue weighted by molar-refractivity contribution is -0.280. The van der Waals surface area contributed by atoms with E-state index in [1.54, 1.807) is 0 Å². The van der Waals surface area contributed by atoms with Crippen LogP contribution in [0.25, 0.3) is 0 Å². The second kappa shape index (κ2) is 7.88. The molecule has 3 heteroatoms. The molecule has 0 aliphatic carbocycles. The Hall–Kier alpha value is -1.35. The quantitative estimate of drug-likeness (QED) is 0.542. The summed E-state index contributed by atoms with van der Waals surface area (Å²) in [5.74, 6) is 0.225. The van der Waals surface area contributed by atoms with Gasteiger partial charge in [0.25, 0.3) is 0 Å². The van der Waals surface area contributed by atoms with Gasteiger partial charge in [-0.15, -0.1) is 0 Å². The summed E-state index contributed by atoms with van der Waals surface area (Å²) in [5, 5.41) is 0. The molecule has 0 spiro atoms. The molecule has 1 rings (SSSR count). The fraction of sp³-hybridized carbons (Fsp3) is 0.533. The van der Waals surface area contributed by atoms with E-state index in [0.29, 0.717) is 18.9 Å². The number of rotatable bonds is 7. The van der Waals surface area contributed by atoms with E-state index in [2.05, 4.69) is 30.9 Å². The number of hydrogen-bond acceptors (Lipinski definition) is 3. The van der Waals surface area contributed by atoms with Crippen molar-refractivity contribution in [1.82, 2.24) is 0 Å². The lowest BCUT2D eigenvalue weighted by Gasteiger charge is -2.07. The lowest BCUT2D eigenvalue weighted by Crippen LogP contribution is -2.05. The number of carbonyl (C=O) groups is 1. The van der Waals surface area contributed by atoms with Gasteiger partial charge in [0.15, 0.2) is 0 Å². The monoisotopic (exact) mass is 250 g/mol. The van der Waals surface area contributed by atoms with Crippen molar-refractivity contribution in [2.75, 3.05) is 0 Å². The Bertz CT molecular complexity index is 355. The SMILES string of the molecule is CCCCC(=O)OOCc1ccc(C(C)C)cc1. The first-order chi connectivity index (χ1) is 8.63. The first-order valence-corrected chi connectivity index (χ1v) is 6.54. The standard InChI is InChI=1S/C15H22O3/c1-4-5-6-15(16)18-17-11-13-7-9-14(10-8-13)12(2)3/h7-10,12H,4-6,11H2,1-3H3. The summed E-state index contributed by atoms with van der Waals surface area (Å²) in [6.07, 6.45) is 2.24. The van der Waals surface area contributed by atoms with Crippen molar-refractivity contribution in [2.45, 2.75) is 52.6 Å². The third kappa shape index (κ3) is 5.32. The zero-order chi connectivity index (χ0) is 13.4. The zero-order valence-electron chi connectivity index (χ0n) is 11.4. The largest absolute Gasteiger partial charge is 0.342 e. The average molecular weight is 250 g/mol. The van der Waals surface area contributed by atoms with Crippen LogP contribution in [0.2, 0.25) is 0 Å². The van der Waals surface area contributed by atoms with Crippen LogP contribution in [0, 0.1) is 0 Å². The Balaban J connectivity index is 2.29. The summed E-state index contributed by atoms with van der Waals surface area (Å²) in [6.45, 7) is 6.64. The fourth-order valence-corrected chi connectivity index (χ4v) is 1.52. The maximum absolute atomic E-state index is 11.2. The van der Waals surface area contributed by atoms with Gasteiger partial charge in [-0.2, -0.15) is 4.89 Å². The normalized spacial score (nSPS) is 10.7. The minimum Gasteiger partial charge on any atom is -0.298 e. The van der Waals surface area contributed by atoms with Gasteiger partial charge in [0.05, 0.1) is 0 Å². The van der Waals surface area contributed by atoms with Crippen molar-refractivity contribution < 1.29 is 14.6 Å². The van der Waals surface area contributed by atoms with Crippen LogP contribution < -0.4 is 0 Å². The molecule has 0 unspecified atom stereocenters. The topological polar surface area (TPSA) is 35.5 Å². The third-order valence-electron chi connectivity index (χ3n) is 2.76. The third-order valence-corrected chi connectivity index (χ3v) is 2.76. The van der Waals surface area contributed by atoms with Crippen LogP contribution >= 0.6 is 0 Å². The second-order valence-corrected chi connectivity index (χ2v) is 4.72. The van der Waals surface area contributed by atoms with E-state index in [-0.39, 0.29) is 5.97 Å². The van der Waals surface area contributed by atoms with Crippen molar-refractivity contribution in [1.29, 1.82) is 0 Å². The van der Waals surface area contributed by atoms with Crippen molar-refractivity contribution in [3.05, 3.63) is 35.4 Å². The summed E-state index contributed by atoms with van der Waals surface area (Å²) in [6, 6.07) is 8.13. The number of benzene rings is 1. The molecule has 0 aromatic heterocycles. The smallest absolute Gasteiger partial charge is 0.298 e. The van der Waals surface area contributed by atoms with Crippen LogP contribution in [0.1, 0.15) is 57.1 Å². The predicted molar refractivity (Wildman–Crippen MR) is 70.9 cm³/mol. The van der Waals surface area contributed by atoms with E-state index in [9.17, 15) is 4.79 Å². The predicted octanol–water partition coefficient (Wildman–Crippen LogP) is 3.98. The summed E-state index contributed by atoms with van der Waals surface area (Å²) in [5.41, 5.74) is 2.29. The van der Waals surface area contributed by atoms with Crippen LogP contribution in [0.5, 0.6) is 0 Å². The second-order valence-electron chi connectivity index (χ2n) is 4.72. The van der Waals surface area contributed by atoms with E-state index in [1.165, 1.54) is 5.56 Å².